The lowest BCUT2D eigenvalue weighted by molar-refractivity contribution is -0.114. The van der Waals surface area contributed by atoms with Crippen molar-refractivity contribution in [3.8, 4) is 0 Å². The predicted molar refractivity (Wildman–Crippen MR) is 49.7 cm³/mol. The Morgan fingerprint density at radius 3 is 2.93 bits per heavy atom. The van der Waals surface area contributed by atoms with Gasteiger partial charge in [-0.05, 0) is 18.6 Å². The second-order valence-electron chi connectivity index (χ2n) is 3.17. The van der Waals surface area contributed by atoms with Gasteiger partial charge in [-0.2, -0.15) is 0 Å². The summed E-state index contributed by atoms with van der Waals surface area (Å²) in [5.41, 5.74) is 1.09. The summed E-state index contributed by atoms with van der Waals surface area (Å²) < 4.78 is 22.9. The Labute approximate surface area is 81.1 Å². The van der Waals surface area contributed by atoms with Crippen LogP contribution in [0.25, 0.3) is 0 Å². The Kier molecular flexibility index (Phi) is 1.81. The van der Waals surface area contributed by atoms with Crippen molar-refractivity contribution in [2.75, 3.05) is 11.1 Å². The molecule has 74 valence electrons. The second kappa shape index (κ2) is 2.78. The highest BCUT2D eigenvalue weighted by Crippen LogP contribution is 2.24. The Balaban J connectivity index is 2.69. The van der Waals surface area contributed by atoms with E-state index in [-0.39, 0.29) is 10.7 Å². The summed E-state index contributed by atoms with van der Waals surface area (Å²) in [6.07, 6.45) is 1.47. The number of rotatable bonds is 0. The molecule has 0 saturated heterocycles. The second-order valence-corrected chi connectivity index (χ2v) is 5.08. The van der Waals surface area contributed by atoms with Gasteiger partial charge in [0.2, 0.25) is 15.7 Å². The molecule has 0 saturated carbocycles. The summed E-state index contributed by atoms with van der Waals surface area (Å²) >= 11 is 0. The summed E-state index contributed by atoms with van der Waals surface area (Å²) in [6, 6.07) is 1.59. The highest BCUT2D eigenvalue weighted by atomic mass is 32.2. The predicted octanol–water partition coefficient (Wildman–Crippen LogP) is 0.116. The van der Waals surface area contributed by atoms with E-state index in [4.69, 9.17) is 0 Å². The summed E-state index contributed by atoms with van der Waals surface area (Å²) in [4.78, 5) is 14.8. The Hall–Kier alpha value is -1.43. The van der Waals surface area contributed by atoms with Gasteiger partial charge in [0.15, 0.2) is 5.03 Å². The van der Waals surface area contributed by atoms with Gasteiger partial charge in [-0.15, -0.1) is 0 Å². The molecule has 5 nitrogen and oxygen atoms in total. The van der Waals surface area contributed by atoms with E-state index in [0.717, 1.165) is 5.56 Å². The standard InChI is InChI=1S/C8H8N2O3S/c1-5-2-6-8(9-3-5)14(12,13)4-7(11)10-6/h2-3H,4H2,1H3,(H,10,11). The van der Waals surface area contributed by atoms with Crippen LogP contribution in [0.4, 0.5) is 5.69 Å². The van der Waals surface area contributed by atoms with Crippen molar-refractivity contribution < 1.29 is 13.2 Å². The van der Waals surface area contributed by atoms with Crippen molar-refractivity contribution in [1.29, 1.82) is 0 Å². The number of carbonyl (C=O) groups is 1. The minimum Gasteiger partial charge on any atom is -0.323 e. The van der Waals surface area contributed by atoms with Gasteiger partial charge in [-0.25, -0.2) is 13.4 Å². The van der Waals surface area contributed by atoms with Gasteiger partial charge < -0.3 is 5.32 Å². The van der Waals surface area contributed by atoms with E-state index >= 15 is 0 Å². The monoisotopic (exact) mass is 212 g/mol. The first kappa shape index (κ1) is 9.14. The number of sulfone groups is 1. The molecule has 1 amide bonds. The van der Waals surface area contributed by atoms with Crippen molar-refractivity contribution in [3.63, 3.8) is 0 Å². The van der Waals surface area contributed by atoms with Crippen LogP contribution in [0.3, 0.4) is 0 Å². The van der Waals surface area contributed by atoms with Crippen LogP contribution in [0.15, 0.2) is 17.3 Å². The number of pyridine rings is 1. The minimum absolute atomic E-state index is 0.0392. The van der Waals surface area contributed by atoms with E-state index in [9.17, 15) is 13.2 Å². The summed E-state index contributed by atoms with van der Waals surface area (Å²) in [7, 11) is -3.53. The van der Waals surface area contributed by atoms with Crippen molar-refractivity contribution in [2.45, 2.75) is 11.9 Å². The third kappa shape index (κ3) is 1.37. The van der Waals surface area contributed by atoms with E-state index in [2.05, 4.69) is 10.3 Å². The molecule has 0 aromatic carbocycles. The molecule has 1 aliphatic rings. The summed E-state index contributed by atoms with van der Waals surface area (Å²) in [5, 5.41) is 2.44. The third-order valence-corrected chi connectivity index (χ3v) is 3.43. The van der Waals surface area contributed by atoms with Crippen LogP contribution in [0.1, 0.15) is 5.56 Å². The van der Waals surface area contributed by atoms with Crippen LogP contribution in [0.5, 0.6) is 0 Å². The van der Waals surface area contributed by atoms with Gasteiger partial charge in [-0.1, -0.05) is 0 Å². The van der Waals surface area contributed by atoms with Gasteiger partial charge >= 0.3 is 0 Å². The van der Waals surface area contributed by atoms with Crippen molar-refractivity contribution >= 4 is 21.4 Å². The van der Waals surface area contributed by atoms with E-state index in [1.54, 1.807) is 13.0 Å². The van der Waals surface area contributed by atoms with Crippen LogP contribution in [0, 0.1) is 6.92 Å². The molecule has 0 radical (unpaired) electrons. The molecule has 0 bridgehead atoms. The summed E-state index contributed by atoms with van der Waals surface area (Å²) in [6.45, 7) is 1.78. The fourth-order valence-corrected chi connectivity index (χ4v) is 2.53. The third-order valence-electron chi connectivity index (χ3n) is 1.88. The SMILES string of the molecule is Cc1cnc2c(c1)NC(=O)CS2(=O)=O. The number of anilines is 1. The molecule has 0 atom stereocenters. The van der Waals surface area contributed by atoms with Crippen LogP contribution >= 0.6 is 0 Å². The molecule has 1 aliphatic heterocycles. The maximum Gasteiger partial charge on any atom is 0.240 e. The van der Waals surface area contributed by atoms with Gasteiger partial charge in [0, 0.05) is 6.20 Å². The number of aromatic nitrogens is 1. The van der Waals surface area contributed by atoms with Gasteiger partial charge in [0.25, 0.3) is 0 Å². The molecule has 6 heteroatoms. The first-order chi connectivity index (χ1) is 6.49. The van der Waals surface area contributed by atoms with E-state index in [0.29, 0.717) is 0 Å². The molecule has 1 aromatic rings. The lowest BCUT2D eigenvalue weighted by atomic mass is 10.3. The maximum absolute atomic E-state index is 11.5. The maximum atomic E-state index is 11.5. The molecular formula is C8H8N2O3S. The Morgan fingerprint density at radius 1 is 1.50 bits per heavy atom. The van der Waals surface area contributed by atoms with Crippen LogP contribution < -0.4 is 5.32 Å². The first-order valence-electron chi connectivity index (χ1n) is 3.98. The minimum atomic E-state index is -3.53. The van der Waals surface area contributed by atoms with Crippen molar-refractivity contribution in [1.82, 2.24) is 4.98 Å². The molecule has 1 aromatic heterocycles. The normalized spacial score (nSPS) is 18.5. The zero-order valence-corrected chi connectivity index (χ0v) is 8.26. The Bertz CT molecular complexity index is 507. The first-order valence-corrected chi connectivity index (χ1v) is 5.63. The topological polar surface area (TPSA) is 76.1 Å². The highest BCUT2D eigenvalue weighted by Gasteiger charge is 2.29. The van der Waals surface area contributed by atoms with Gasteiger partial charge in [-0.3, -0.25) is 4.79 Å². The molecule has 2 heterocycles. The number of nitrogens with zero attached hydrogens (tertiary/aromatic N) is 1. The molecule has 14 heavy (non-hydrogen) atoms. The largest absolute Gasteiger partial charge is 0.323 e. The fourth-order valence-electron chi connectivity index (χ4n) is 1.32. The van der Waals surface area contributed by atoms with Crippen LogP contribution in [-0.4, -0.2) is 25.1 Å². The molecule has 1 N–H and O–H groups in total. The molecule has 0 fully saturated rings. The smallest absolute Gasteiger partial charge is 0.240 e. The number of fused-ring (bicyclic) bond motifs is 1. The average Bonchev–Trinajstić information content (AvgIpc) is 2.00. The van der Waals surface area contributed by atoms with Crippen LogP contribution in [0.2, 0.25) is 0 Å². The van der Waals surface area contributed by atoms with Gasteiger partial charge in [0.1, 0.15) is 5.75 Å². The van der Waals surface area contributed by atoms with Crippen molar-refractivity contribution in [3.05, 3.63) is 17.8 Å². The Morgan fingerprint density at radius 2 is 2.21 bits per heavy atom. The molecule has 0 spiro atoms. The average molecular weight is 212 g/mol. The van der Waals surface area contributed by atoms with E-state index in [1.165, 1.54) is 6.20 Å². The number of hydrogen-bond acceptors (Lipinski definition) is 4. The molecule has 0 unspecified atom stereocenters. The van der Waals surface area contributed by atoms with E-state index < -0.39 is 21.5 Å². The van der Waals surface area contributed by atoms with Gasteiger partial charge in [0.05, 0.1) is 5.69 Å². The number of hydrogen-bond donors (Lipinski definition) is 1. The fraction of sp³-hybridized carbons (Fsp3) is 0.250. The quantitative estimate of drug-likeness (QED) is 0.662. The number of amides is 1. The number of nitrogens with one attached hydrogen (secondary N) is 1. The molecule has 2 rings (SSSR count). The number of aryl methyl sites for hydroxylation is 1. The molecular weight excluding hydrogens is 204 g/mol. The van der Waals surface area contributed by atoms with Crippen LogP contribution in [-0.2, 0) is 14.6 Å². The lowest BCUT2D eigenvalue weighted by Crippen LogP contribution is -2.30. The zero-order chi connectivity index (χ0) is 10.3. The number of carbonyl (C=O) groups excluding carboxylic acids is 1. The van der Waals surface area contributed by atoms with E-state index in [1.807, 2.05) is 0 Å². The van der Waals surface area contributed by atoms with Crippen molar-refractivity contribution in [2.24, 2.45) is 0 Å². The zero-order valence-electron chi connectivity index (χ0n) is 7.44. The highest BCUT2D eigenvalue weighted by molar-refractivity contribution is 7.92. The summed E-state index contributed by atoms with van der Waals surface area (Å²) in [5.74, 6) is -1.03. The molecule has 0 aliphatic carbocycles. The lowest BCUT2D eigenvalue weighted by Gasteiger charge is -2.15.